The van der Waals surface area contributed by atoms with Gasteiger partial charge in [-0.3, -0.25) is 9.59 Å². The number of ether oxygens (including phenoxy) is 1. The van der Waals surface area contributed by atoms with E-state index < -0.39 is 0 Å². The Hall–Kier alpha value is -1.69. The topological polar surface area (TPSA) is 49.9 Å². The van der Waals surface area contributed by atoms with Gasteiger partial charge in [0, 0.05) is 31.6 Å². The fourth-order valence-electron chi connectivity index (χ4n) is 3.75. The molecule has 0 spiro atoms. The second-order valence-electron chi connectivity index (χ2n) is 7.40. The fraction of sp³-hybridized carbons (Fsp3) is 0.619. The molecule has 0 N–H and O–H groups in total. The Balaban J connectivity index is 1.65. The maximum Gasteiger partial charge on any atom is 0.236 e. The van der Waals surface area contributed by atoms with Crippen molar-refractivity contribution < 1.29 is 14.3 Å². The molecule has 1 aromatic rings. The van der Waals surface area contributed by atoms with Gasteiger partial charge in [-0.25, -0.2) is 0 Å². The predicted molar refractivity (Wildman–Crippen MR) is 109 cm³/mol. The van der Waals surface area contributed by atoms with E-state index in [-0.39, 0.29) is 28.4 Å². The molecule has 1 saturated heterocycles. The Bertz CT molecular complexity index is 677. The minimum Gasteiger partial charge on any atom is -0.496 e. The van der Waals surface area contributed by atoms with E-state index in [0.717, 1.165) is 37.0 Å². The van der Waals surface area contributed by atoms with Crippen LogP contribution in [0.25, 0.3) is 0 Å². The largest absolute Gasteiger partial charge is 0.496 e. The van der Waals surface area contributed by atoms with E-state index in [1.807, 2.05) is 41.1 Å². The number of benzene rings is 1. The van der Waals surface area contributed by atoms with Crippen LogP contribution in [0.5, 0.6) is 5.75 Å². The van der Waals surface area contributed by atoms with Crippen molar-refractivity contribution in [1.29, 1.82) is 0 Å². The number of hydrogen-bond donors (Lipinski definition) is 0. The van der Waals surface area contributed by atoms with Gasteiger partial charge in [-0.15, -0.1) is 11.8 Å². The van der Waals surface area contributed by atoms with E-state index in [4.69, 9.17) is 4.74 Å². The van der Waals surface area contributed by atoms with E-state index in [0.29, 0.717) is 13.1 Å². The molecule has 0 radical (unpaired) electrons. The SMILES string of the molecule is CCC1SC(c2ccccc2OC)N(CCCN(C)C(=O)C2CCC2)C1=O. The quantitative estimate of drug-likeness (QED) is 0.679. The number of methoxy groups -OCH3 is 1. The molecule has 2 unspecified atom stereocenters. The Labute approximate surface area is 166 Å². The second kappa shape index (κ2) is 9.00. The molecule has 27 heavy (non-hydrogen) atoms. The minimum absolute atomic E-state index is 0.00532. The van der Waals surface area contributed by atoms with Gasteiger partial charge in [0.1, 0.15) is 11.1 Å². The number of rotatable bonds is 8. The number of nitrogens with zero attached hydrogens (tertiary/aromatic N) is 2. The average Bonchev–Trinajstić information content (AvgIpc) is 2.96. The van der Waals surface area contributed by atoms with Gasteiger partial charge in [0.15, 0.2) is 0 Å². The van der Waals surface area contributed by atoms with Crippen molar-refractivity contribution in [2.45, 2.75) is 49.7 Å². The van der Waals surface area contributed by atoms with Crippen molar-refractivity contribution in [3.63, 3.8) is 0 Å². The van der Waals surface area contributed by atoms with Crippen LogP contribution >= 0.6 is 11.8 Å². The van der Waals surface area contributed by atoms with Crippen molar-refractivity contribution in [2.75, 3.05) is 27.2 Å². The summed E-state index contributed by atoms with van der Waals surface area (Å²) in [6.45, 7) is 3.41. The Kier molecular flexibility index (Phi) is 6.68. The van der Waals surface area contributed by atoms with Gasteiger partial charge in [-0.05, 0) is 31.7 Å². The third-order valence-corrected chi connectivity index (χ3v) is 7.26. The zero-order chi connectivity index (χ0) is 19.4. The van der Waals surface area contributed by atoms with Gasteiger partial charge in [0.25, 0.3) is 0 Å². The Morgan fingerprint density at radius 2 is 2.07 bits per heavy atom. The number of amides is 2. The molecule has 6 heteroatoms. The molecule has 2 aliphatic rings. The first-order valence-corrected chi connectivity index (χ1v) is 10.8. The smallest absolute Gasteiger partial charge is 0.236 e. The summed E-state index contributed by atoms with van der Waals surface area (Å²) in [5.41, 5.74) is 1.05. The van der Waals surface area contributed by atoms with Gasteiger partial charge >= 0.3 is 0 Å². The molecular formula is C21H30N2O3S. The molecule has 1 saturated carbocycles. The van der Waals surface area contributed by atoms with Crippen molar-refractivity contribution >= 4 is 23.6 Å². The van der Waals surface area contributed by atoms with E-state index in [9.17, 15) is 9.59 Å². The van der Waals surface area contributed by atoms with Gasteiger partial charge in [0.05, 0.1) is 12.4 Å². The van der Waals surface area contributed by atoms with Gasteiger partial charge < -0.3 is 14.5 Å². The maximum absolute atomic E-state index is 12.9. The minimum atomic E-state index is -0.0220. The van der Waals surface area contributed by atoms with E-state index in [1.165, 1.54) is 6.42 Å². The van der Waals surface area contributed by atoms with Crippen molar-refractivity contribution in [3.05, 3.63) is 29.8 Å². The normalized spacial score (nSPS) is 22.6. The molecule has 0 bridgehead atoms. The molecule has 2 atom stereocenters. The summed E-state index contributed by atoms with van der Waals surface area (Å²) in [6, 6.07) is 7.93. The standard InChI is InChI=1S/C21H30N2O3S/c1-4-18-20(25)23(14-8-13-22(2)19(24)15-9-7-10-15)21(27-18)16-11-5-6-12-17(16)26-3/h5-6,11-12,15,18,21H,4,7-10,13-14H2,1-3H3. The lowest BCUT2D eigenvalue weighted by molar-refractivity contribution is -0.136. The van der Waals surface area contributed by atoms with Crippen LogP contribution in [-0.4, -0.2) is 54.1 Å². The Morgan fingerprint density at radius 3 is 2.70 bits per heavy atom. The highest BCUT2D eigenvalue weighted by Crippen LogP contribution is 2.46. The maximum atomic E-state index is 12.9. The van der Waals surface area contributed by atoms with Crippen LogP contribution in [0.1, 0.15) is 50.0 Å². The van der Waals surface area contributed by atoms with E-state index >= 15 is 0 Å². The zero-order valence-electron chi connectivity index (χ0n) is 16.5. The third-order valence-electron chi connectivity index (χ3n) is 5.63. The first kappa shape index (κ1) is 20.1. The number of carbonyl (C=O) groups excluding carboxylic acids is 2. The summed E-state index contributed by atoms with van der Waals surface area (Å²) in [5, 5.41) is -0.0273. The van der Waals surface area contributed by atoms with Crippen molar-refractivity contribution in [2.24, 2.45) is 5.92 Å². The number of carbonyl (C=O) groups is 2. The van der Waals surface area contributed by atoms with Crippen LogP contribution < -0.4 is 4.74 Å². The van der Waals surface area contributed by atoms with Crippen LogP contribution in [0.3, 0.4) is 0 Å². The summed E-state index contributed by atoms with van der Waals surface area (Å²) in [5.74, 6) is 1.51. The van der Waals surface area contributed by atoms with Gasteiger partial charge in [-0.1, -0.05) is 31.5 Å². The summed E-state index contributed by atoms with van der Waals surface area (Å²) in [7, 11) is 3.55. The van der Waals surface area contributed by atoms with Crippen molar-refractivity contribution in [1.82, 2.24) is 9.80 Å². The molecule has 2 fully saturated rings. The molecule has 148 valence electrons. The van der Waals surface area contributed by atoms with Crippen molar-refractivity contribution in [3.8, 4) is 5.75 Å². The van der Waals surface area contributed by atoms with E-state index in [2.05, 4.69) is 6.92 Å². The summed E-state index contributed by atoms with van der Waals surface area (Å²) in [6.07, 6.45) is 4.84. The molecule has 1 heterocycles. The molecule has 1 aliphatic heterocycles. The van der Waals surface area contributed by atoms with Gasteiger partial charge in [0.2, 0.25) is 11.8 Å². The molecule has 3 rings (SSSR count). The fourth-order valence-corrected chi connectivity index (χ4v) is 5.21. The van der Waals surface area contributed by atoms with E-state index in [1.54, 1.807) is 18.9 Å². The number of thioether (sulfide) groups is 1. The molecule has 5 nitrogen and oxygen atoms in total. The molecule has 0 aromatic heterocycles. The highest BCUT2D eigenvalue weighted by Gasteiger charge is 2.40. The molecular weight excluding hydrogens is 360 g/mol. The third kappa shape index (κ3) is 4.26. The summed E-state index contributed by atoms with van der Waals surface area (Å²) in [4.78, 5) is 29.0. The molecule has 1 aliphatic carbocycles. The predicted octanol–water partition coefficient (Wildman–Crippen LogP) is 3.70. The molecule has 2 amide bonds. The zero-order valence-corrected chi connectivity index (χ0v) is 17.3. The lowest BCUT2D eigenvalue weighted by Gasteiger charge is -2.30. The first-order valence-electron chi connectivity index (χ1n) is 9.90. The number of para-hydroxylation sites is 1. The highest BCUT2D eigenvalue weighted by molar-refractivity contribution is 8.01. The Morgan fingerprint density at radius 1 is 1.33 bits per heavy atom. The number of hydrogen-bond acceptors (Lipinski definition) is 4. The van der Waals surface area contributed by atoms with Crippen LogP contribution in [0.4, 0.5) is 0 Å². The lowest BCUT2D eigenvalue weighted by Crippen LogP contribution is -2.38. The molecule has 1 aromatic carbocycles. The van der Waals surface area contributed by atoms with Crippen LogP contribution in [-0.2, 0) is 9.59 Å². The monoisotopic (exact) mass is 390 g/mol. The van der Waals surface area contributed by atoms with Gasteiger partial charge in [-0.2, -0.15) is 0 Å². The van der Waals surface area contributed by atoms with Crippen LogP contribution in [0.2, 0.25) is 0 Å². The average molecular weight is 391 g/mol. The first-order chi connectivity index (χ1) is 13.1. The summed E-state index contributed by atoms with van der Waals surface area (Å²) < 4.78 is 5.53. The van der Waals surface area contributed by atoms with Crippen LogP contribution in [0.15, 0.2) is 24.3 Å². The lowest BCUT2D eigenvalue weighted by atomic mass is 9.84. The summed E-state index contributed by atoms with van der Waals surface area (Å²) >= 11 is 1.71. The second-order valence-corrected chi connectivity index (χ2v) is 8.69. The van der Waals surface area contributed by atoms with Crippen LogP contribution in [0, 0.1) is 5.92 Å². The highest BCUT2D eigenvalue weighted by atomic mass is 32.2.